The molecule has 0 radical (unpaired) electrons. The minimum absolute atomic E-state index is 0.175. The fraction of sp³-hybridized carbons (Fsp3) is 0.111. The quantitative estimate of drug-likeness (QED) is 0.839. The number of nitrogens with zero attached hydrogens (tertiary/aromatic N) is 4. The number of carboxylic acids is 1. The van der Waals surface area contributed by atoms with Gasteiger partial charge >= 0.3 is 5.97 Å². The molecule has 0 unspecified atom stereocenters. The Hall–Kier alpha value is -1.51. The van der Waals surface area contributed by atoms with Gasteiger partial charge < -0.3 is 5.11 Å². The fourth-order valence-electron chi connectivity index (χ4n) is 1.25. The number of hydrogen-bond acceptors (Lipinski definition) is 4. The zero-order valence-electron chi connectivity index (χ0n) is 8.25. The average Bonchev–Trinajstić information content (AvgIpc) is 2.61. The lowest BCUT2D eigenvalue weighted by Gasteiger charge is -2.00. The fourth-order valence-corrected chi connectivity index (χ4v) is 1.80. The van der Waals surface area contributed by atoms with E-state index in [1.807, 2.05) is 0 Å². The highest BCUT2D eigenvalue weighted by Gasteiger charge is 2.14. The molecule has 2 aromatic rings. The molecule has 2 rings (SSSR count). The van der Waals surface area contributed by atoms with Gasteiger partial charge in [0.2, 0.25) is 0 Å². The standard InChI is InChI=1S/C9H7IN4O2/c1-5-6(9(15)16)3-14(13-5)8-7(10)2-11-4-12-8/h2-4H,1H3,(H,15,16). The van der Waals surface area contributed by atoms with Crippen molar-refractivity contribution in [3.63, 3.8) is 0 Å². The highest BCUT2D eigenvalue weighted by atomic mass is 127. The van der Waals surface area contributed by atoms with E-state index in [-0.39, 0.29) is 5.56 Å². The molecule has 0 fully saturated rings. The summed E-state index contributed by atoms with van der Waals surface area (Å²) < 4.78 is 2.25. The van der Waals surface area contributed by atoms with Gasteiger partial charge in [-0.3, -0.25) is 0 Å². The van der Waals surface area contributed by atoms with Crippen molar-refractivity contribution in [2.24, 2.45) is 0 Å². The molecule has 2 aromatic heterocycles. The molecule has 7 heteroatoms. The van der Waals surface area contributed by atoms with Crippen LogP contribution >= 0.6 is 22.6 Å². The van der Waals surface area contributed by atoms with E-state index in [1.54, 1.807) is 13.1 Å². The monoisotopic (exact) mass is 330 g/mol. The first-order valence-corrected chi connectivity index (χ1v) is 5.43. The molecule has 0 bridgehead atoms. The van der Waals surface area contributed by atoms with Gasteiger partial charge in [-0.25, -0.2) is 19.4 Å². The van der Waals surface area contributed by atoms with Crippen molar-refractivity contribution in [3.05, 3.63) is 33.5 Å². The Balaban J connectivity index is 2.54. The molecule has 0 aliphatic rings. The van der Waals surface area contributed by atoms with Gasteiger partial charge in [0, 0.05) is 12.4 Å². The normalized spacial score (nSPS) is 10.4. The second-order valence-corrected chi connectivity index (χ2v) is 4.23. The first-order valence-electron chi connectivity index (χ1n) is 4.35. The van der Waals surface area contributed by atoms with Crippen LogP contribution in [0.2, 0.25) is 0 Å². The number of carboxylic acid groups (broad SMARTS) is 1. The van der Waals surface area contributed by atoms with E-state index in [4.69, 9.17) is 5.11 Å². The average molecular weight is 330 g/mol. The Labute approximate surface area is 104 Å². The minimum atomic E-state index is -0.993. The number of aryl methyl sites for hydroxylation is 1. The zero-order valence-corrected chi connectivity index (χ0v) is 10.4. The molecular formula is C9H7IN4O2. The van der Waals surface area contributed by atoms with E-state index in [2.05, 4.69) is 37.7 Å². The third-order valence-corrected chi connectivity index (χ3v) is 2.76. The summed E-state index contributed by atoms with van der Waals surface area (Å²) in [7, 11) is 0. The molecule has 6 nitrogen and oxygen atoms in total. The van der Waals surface area contributed by atoms with Crippen molar-refractivity contribution in [3.8, 4) is 5.82 Å². The summed E-state index contributed by atoms with van der Waals surface area (Å²) in [6, 6.07) is 0. The zero-order chi connectivity index (χ0) is 11.7. The minimum Gasteiger partial charge on any atom is -0.478 e. The molecule has 2 heterocycles. The van der Waals surface area contributed by atoms with Gasteiger partial charge in [0.25, 0.3) is 0 Å². The molecule has 1 N–H and O–H groups in total. The van der Waals surface area contributed by atoms with Crippen LogP contribution in [0.3, 0.4) is 0 Å². The number of aromatic nitrogens is 4. The highest BCUT2D eigenvalue weighted by molar-refractivity contribution is 14.1. The van der Waals surface area contributed by atoms with Gasteiger partial charge in [-0.15, -0.1) is 0 Å². The van der Waals surface area contributed by atoms with Crippen molar-refractivity contribution >= 4 is 28.6 Å². The largest absolute Gasteiger partial charge is 0.478 e. The summed E-state index contributed by atoms with van der Waals surface area (Å²) >= 11 is 2.07. The van der Waals surface area contributed by atoms with Crippen LogP contribution in [0.1, 0.15) is 16.1 Å². The van der Waals surface area contributed by atoms with Crippen molar-refractivity contribution in [1.82, 2.24) is 19.7 Å². The predicted molar refractivity (Wildman–Crippen MR) is 63.6 cm³/mol. The third-order valence-electron chi connectivity index (χ3n) is 1.99. The topological polar surface area (TPSA) is 80.9 Å². The van der Waals surface area contributed by atoms with Gasteiger partial charge in [0.05, 0.1) is 9.26 Å². The van der Waals surface area contributed by atoms with E-state index in [9.17, 15) is 4.79 Å². The van der Waals surface area contributed by atoms with E-state index in [1.165, 1.54) is 17.2 Å². The van der Waals surface area contributed by atoms with Crippen molar-refractivity contribution in [2.75, 3.05) is 0 Å². The summed E-state index contributed by atoms with van der Waals surface area (Å²) in [5.74, 6) is -0.418. The molecule has 16 heavy (non-hydrogen) atoms. The lowest BCUT2D eigenvalue weighted by atomic mass is 10.3. The number of aromatic carboxylic acids is 1. The number of hydrogen-bond donors (Lipinski definition) is 1. The number of rotatable bonds is 2. The molecule has 0 amide bonds. The molecule has 82 valence electrons. The summed E-state index contributed by atoms with van der Waals surface area (Å²) in [4.78, 5) is 18.8. The summed E-state index contributed by atoms with van der Waals surface area (Å²) in [5.41, 5.74) is 0.635. The van der Waals surface area contributed by atoms with E-state index in [0.717, 1.165) is 3.57 Å². The van der Waals surface area contributed by atoms with Crippen molar-refractivity contribution in [2.45, 2.75) is 6.92 Å². The summed E-state index contributed by atoms with van der Waals surface area (Å²) in [5, 5.41) is 13.0. The van der Waals surface area contributed by atoms with Crippen LogP contribution in [-0.4, -0.2) is 30.8 Å². The lowest BCUT2D eigenvalue weighted by molar-refractivity contribution is 0.0696. The Morgan fingerprint density at radius 3 is 2.88 bits per heavy atom. The van der Waals surface area contributed by atoms with Crippen LogP contribution < -0.4 is 0 Å². The van der Waals surface area contributed by atoms with Gasteiger partial charge in [-0.1, -0.05) is 0 Å². The first kappa shape index (κ1) is 11.0. The molecule has 0 aromatic carbocycles. The molecule has 0 saturated heterocycles. The predicted octanol–water partition coefficient (Wildman–Crippen LogP) is 1.27. The number of halogens is 1. The van der Waals surface area contributed by atoms with Crippen LogP contribution in [0.5, 0.6) is 0 Å². The van der Waals surface area contributed by atoms with Crippen LogP contribution in [0, 0.1) is 10.5 Å². The van der Waals surface area contributed by atoms with Crippen LogP contribution in [0.25, 0.3) is 5.82 Å². The Morgan fingerprint density at radius 2 is 2.31 bits per heavy atom. The van der Waals surface area contributed by atoms with Gasteiger partial charge in [-0.2, -0.15) is 5.10 Å². The summed E-state index contributed by atoms with van der Waals surface area (Å²) in [6.45, 7) is 1.65. The van der Waals surface area contributed by atoms with Gasteiger partial charge in [0.1, 0.15) is 11.9 Å². The van der Waals surface area contributed by atoms with Crippen LogP contribution in [0.4, 0.5) is 0 Å². The molecular weight excluding hydrogens is 323 g/mol. The van der Waals surface area contributed by atoms with E-state index >= 15 is 0 Å². The lowest BCUT2D eigenvalue weighted by Crippen LogP contribution is -2.01. The molecule has 0 spiro atoms. The van der Waals surface area contributed by atoms with Crippen LogP contribution in [-0.2, 0) is 0 Å². The smallest absolute Gasteiger partial charge is 0.339 e. The maximum atomic E-state index is 10.9. The van der Waals surface area contributed by atoms with Gasteiger partial charge in [-0.05, 0) is 29.5 Å². The van der Waals surface area contributed by atoms with E-state index in [0.29, 0.717) is 11.5 Å². The first-order chi connectivity index (χ1) is 7.59. The SMILES string of the molecule is Cc1nn(-c2ncncc2I)cc1C(=O)O. The second-order valence-electron chi connectivity index (χ2n) is 3.07. The number of carbonyl (C=O) groups is 1. The molecule has 0 saturated carbocycles. The maximum Gasteiger partial charge on any atom is 0.339 e. The Kier molecular flexibility index (Phi) is 2.86. The van der Waals surface area contributed by atoms with Gasteiger partial charge in [0.15, 0.2) is 5.82 Å². The second kappa shape index (κ2) is 4.16. The Bertz CT molecular complexity index is 552. The molecule has 0 aliphatic carbocycles. The third kappa shape index (κ3) is 1.90. The molecule has 0 aliphatic heterocycles. The van der Waals surface area contributed by atoms with Crippen LogP contribution in [0.15, 0.2) is 18.7 Å². The highest BCUT2D eigenvalue weighted by Crippen LogP contribution is 2.14. The molecule has 0 atom stereocenters. The van der Waals surface area contributed by atoms with Crippen molar-refractivity contribution in [1.29, 1.82) is 0 Å². The van der Waals surface area contributed by atoms with E-state index < -0.39 is 5.97 Å². The summed E-state index contributed by atoms with van der Waals surface area (Å²) in [6.07, 6.45) is 4.48. The van der Waals surface area contributed by atoms with Crippen molar-refractivity contribution < 1.29 is 9.90 Å². The maximum absolute atomic E-state index is 10.9. The Morgan fingerprint density at radius 1 is 1.56 bits per heavy atom.